The number of aliphatic hydroxyl groups is 2. The van der Waals surface area contributed by atoms with E-state index in [0.717, 1.165) is 38.5 Å². The molecule has 4 nitrogen and oxygen atoms in total. The van der Waals surface area contributed by atoms with Gasteiger partial charge in [-0.3, -0.25) is 4.79 Å². The number of nitrogens with one attached hydrogen (secondary N) is 1. The van der Waals surface area contributed by atoms with Crippen LogP contribution in [0.5, 0.6) is 0 Å². The summed E-state index contributed by atoms with van der Waals surface area (Å²) in [7, 11) is 0. The molecule has 0 fully saturated rings. The van der Waals surface area contributed by atoms with Crippen molar-refractivity contribution in [2.45, 2.75) is 187 Å². The summed E-state index contributed by atoms with van der Waals surface area (Å²) < 4.78 is 0. The second kappa shape index (κ2) is 33.1. The van der Waals surface area contributed by atoms with Crippen molar-refractivity contribution in [2.75, 3.05) is 6.61 Å². The molecule has 0 rings (SSSR count). The van der Waals surface area contributed by atoms with Crippen molar-refractivity contribution in [3.05, 3.63) is 36.5 Å². The third-order valence-corrected chi connectivity index (χ3v) is 7.85. The molecule has 0 saturated heterocycles. The molecule has 0 aromatic heterocycles. The quantitative estimate of drug-likeness (QED) is 0.0569. The van der Waals surface area contributed by atoms with Crippen LogP contribution in [0.2, 0.25) is 0 Å². The number of carbonyl (C=O) groups is 1. The molecule has 2 atom stereocenters. The van der Waals surface area contributed by atoms with Crippen molar-refractivity contribution in [2.24, 2.45) is 0 Å². The summed E-state index contributed by atoms with van der Waals surface area (Å²) >= 11 is 0. The minimum absolute atomic E-state index is 0.0822. The number of aliphatic hydroxyl groups excluding tert-OH is 2. The van der Waals surface area contributed by atoms with Crippen LogP contribution in [0.25, 0.3) is 0 Å². The summed E-state index contributed by atoms with van der Waals surface area (Å²) in [6.45, 7) is 4.26. The molecular formula is C37H69NO3. The number of rotatable bonds is 31. The molecule has 3 N–H and O–H groups in total. The highest BCUT2D eigenvalue weighted by atomic mass is 16.3. The van der Waals surface area contributed by atoms with Crippen LogP contribution in [0.4, 0.5) is 0 Å². The number of unbranched alkanes of at least 4 members (excludes halogenated alkanes) is 20. The molecule has 41 heavy (non-hydrogen) atoms. The molecule has 0 saturated carbocycles. The Kier molecular flexibility index (Phi) is 32.0. The van der Waals surface area contributed by atoms with E-state index in [9.17, 15) is 15.0 Å². The molecule has 0 heterocycles. The Labute approximate surface area is 255 Å². The van der Waals surface area contributed by atoms with Gasteiger partial charge in [0.2, 0.25) is 5.91 Å². The van der Waals surface area contributed by atoms with Gasteiger partial charge < -0.3 is 15.5 Å². The highest BCUT2D eigenvalue weighted by Gasteiger charge is 2.17. The summed E-state index contributed by atoms with van der Waals surface area (Å²) in [5, 5.41) is 22.8. The van der Waals surface area contributed by atoms with Crippen molar-refractivity contribution >= 4 is 5.91 Å². The lowest BCUT2D eigenvalue weighted by molar-refractivity contribution is -0.123. The third kappa shape index (κ3) is 29.9. The second-order valence-electron chi connectivity index (χ2n) is 11.9. The topological polar surface area (TPSA) is 69.6 Å². The van der Waals surface area contributed by atoms with Crippen LogP contribution in [-0.4, -0.2) is 34.9 Å². The molecule has 0 aliphatic rings. The van der Waals surface area contributed by atoms with E-state index < -0.39 is 12.1 Å². The molecule has 0 aliphatic carbocycles. The van der Waals surface area contributed by atoms with Gasteiger partial charge in [0, 0.05) is 6.42 Å². The van der Waals surface area contributed by atoms with Crippen molar-refractivity contribution < 1.29 is 15.0 Å². The molecule has 4 heteroatoms. The molecule has 0 radical (unpaired) electrons. The zero-order valence-electron chi connectivity index (χ0n) is 27.3. The molecule has 2 unspecified atom stereocenters. The van der Waals surface area contributed by atoms with Crippen molar-refractivity contribution in [3.63, 3.8) is 0 Å². The predicted octanol–water partition coefficient (Wildman–Crippen LogP) is 10.3. The van der Waals surface area contributed by atoms with E-state index in [1.165, 1.54) is 116 Å². The van der Waals surface area contributed by atoms with Crippen LogP contribution in [0.15, 0.2) is 36.5 Å². The van der Waals surface area contributed by atoms with Gasteiger partial charge in [0.1, 0.15) is 0 Å². The number of amides is 1. The normalized spacial score (nSPS) is 13.6. The van der Waals surface area contributed by atoms with Gasteiger partial charge in [0.25, 0.3) is 0 Å². The van der Waals surface area contributed by atoms with E-state index in [2.05, 4.69) is 43.5 Å². The lowest BCUT2D eigenvalue weighted by atomic mass is 10.1. The monoisotopic (exact) mass is 576 g/mol. The molecular weight excluding hydrogens is 506 g/mol. The smallest absolute Gasteiger partial charge is 0.220 e. The second-order valence-corrected chi connectivity index (χ2v) is 11.9. The molecule has 1 amide bonds. The van der Waals surface area contributed by atoms with Crippen LogP contribution in [0, 0.1) is 0 Å². The lowest BCUT2D eigenvalue weighted by Crippen LogP contribution is -2.45. The van der Waals surface area contributed by atoms with Crippen molar-refractivity contribution in [3.8, 4) is 0 Å². The third-order valence-electron chi connectivity index (χ3n) is 7.85. The van der Waals surface area contributed by atoms with Crippen LogP contribution in [-0.2, 0) is 4.79 Å². The largest absolute Gasteiger partial charge is 0.394 e. The van der Waals surface area contributed by atoms with Gasteiger partial charge in [-0.2, -0.15) is 0 Å². The fraction of sp³-hybridized carbons (Fsp3) is 0.811. The zero-order valence-corrected chi connectivity index (χ0v) is 27.3. The maximum absolute atomic E-state index is 12.2. The average Bonchev–Trinajstić information content (AvgIpc) is 2.97. The Hall–Kier alpha value is -1.39. The Morgan fingerprint density at radius 1 is 0.561 bits per heavy atom. The van der Waals surface area contributed by atoms with E-state index in [4.69, 9.17) is 0 Å². The van der Waals surface area contributed by atoms with E-state index in [0.29, 0.717) is 6.42 Å². The Balaban J connectivity index is 3.71. The van der Waals surface area contributed by atoms with Gasteiger partial charge in [0.05, 0.1) is 18.8 Å². The molecule has 0 aromatic carbocycles. The number of hydrogen-bond donors (Lipinski definition) is 3. The Morgan fingerprint density at radius 3 is 1.41 bits per heavy atom. The van der Waals surface area contributed by atoms with Gasteiger partial charge in [-0.25, -0.2) is 0 Å². The summed E-state index contributed by atoms with van der Waals surface area (Å²) in [5.41, 5.74) is 0. The fourth-order valence-corrected chi connectivity index (χ4v) is 5.09. The van der Waals surface area contributed by atoms with Gasteiger partial charge in [-0.1, -0.05) is 159 Å². The lowest BCUT2D eigenvalue weighted by Gasteiger charge is -2.19. The van der Waals surface area contributed by atoms with E-state index in [1.807, 2.05) is 6.08 Å². The molecule has 0 bridgehead atoms. The van der Waals surface area contributed by atoms with E-state index in [1.54, 1.807) is 6.08 Å². The molecule has 0 aliphatic heterocycles. The number of hydrogen-bond acceptors (Lipinski definition) is 3. The van der Waals surface area contributed by atoms with Crippen LogP contribution in [0.1, 0.15) is 174 Å². The predicted molar refractivity (Wildman–Crippen MR) is 179 cm³/mol. The van der Waals surface area contributed by atoms with Crippen LogP contribution in [0.3, 0.4) is 0 Å². The summed E-state index contributed by atoms with van der Waals surface area (Å²) in [5.74, 6) is -0.0822. The van der Waals surface area contributed by atoms with Crippen molar-refractivity contribution in [1.82, 2.24) is 5.32 Å². The highest BCUT2D eigenvalue weighted by molar-refractivity contribution is 5.76. The minimum Gasteiger partial charge on any atom is -0.394 e. The molecule has 0 aromatic rings. The van der Waals surface area contributed by atoms with Gasteiger partial charge >= 0.3 is 0 Å². The molecule has 240 valence electrons. The van der Waals surface area contributed by atoms with Crippen LogP contribution >= 0.6 is 0 Å². The standard InChI is InChI=1S/C37H69NO3/c1-3-5-7-9-11-13-15-16-17-18-19-20-21-22-23-24-26-28-30-32-36(40)35(34-39)38-37(41)33-31-29-27-25-14-12-10-8-6-4-2/h19-20,23-24,30,32,35-36,39-40H,3-18,21-22,25-29,31,33-34H2,1-2H3,(H,38,41)/b20-19+,24-23+,32-30+. The maximum Gasteiger partial charge on any atom is 0.220 e. The Bertz CT molecular complexity index is 628. The fourth-order valence-electron chi connectivity index (χ4n) is 5.09. The summed E-state index contributed by atoms with van der Waals surface area (Å²) in [4.78, 5) is 12.2. The van der Waals surface area contributed by atoms with Gasteiger partial charge in [-0.05, 0) is 44.9 Å². The Morgan fingerprint density at radius 2 is 0.951 bits per heavy atom. The minimum atomic E-state index is -0.864. The van der Waals surface area contributed by atoms with Crippen molar-refractivity contribution in [1.29, 1.82) is 0 Å². The zero-order chi connectivity index (χ0) is 30.1. The van der Waals surface area contributed by atoms with Crippen LogP contribution < -0.4 is 5.32 Å². The molecule has 0 spiro atoms. The maximum atomic E-state index is 12.2. The first-order chi connectivity index (χ1) is 20.2. The number of carbonyl (C=O) groups excluding carboxylic acids is 1. The van der Waals surface area contributed by atoms with Gasteiger partial charge in [0.15, 0.2) is 0 Å². The first-order valence-corrected chi connectivity index (χ1v) is 17.7. The SMILES string of the molecule is CCCCCCCCCCC/C=C/CC/C=C/CC/C=C/C(O)C(CO)NC(=O)CCCCCCCCCCCC. The summed E-state index contributed by atoms with van der Waals surface area (Å²) in [6.07, 6.45) is 42.3. The van der Waals surface area contributed by atoms with E-state index >= 15 is 0 Å². The van der Waals surface area contributed by atoms with Gasteiger partial charge in [-0.15, -0.1) is 0 Å². The highest BCUT2D eigenvalue weighted by Crippen LogP contribution is 2.12. The average molecular weight is 576 g/mol. The first kappa shape index (κ1) is 39.6. The van der Waals surface area contributed by atoms with E-state index in [-0.39, 0.29) is 12.5 Å². The summed E-state index contributed by atoms with van der Waals surface area (Å²) in [6, 6.07) is -0.639. The number of allylic oxidation sites excluding steroid dienone is 5. The first-order valence-electron chi connectivity index (χ1n) is 17.7.